The zero-order chi connectivity index (χ0) is 18.5. The Balaban J connectivity index is 2.65. The molecule has 25 heavy (non-hydrogen) atoms. The Kier molecular flexibility index (Phi) is 11.1. The van der Waals surface area contributed by atoms with E-state index in [0.29, 0.717) is 0 Å². The predicted octanol–water partition coefficient (Wildman–Crippen LogP) is 4.53. The van der Waals surface area contributed by atoms with Gasteiger partial charge in [0.15, 0.2) is 0 Å². The molecule has 0 spiro atoms. The van der Waals surface area contributed by atoms with Crippen LogP contribution in [0, 0.1) is 5.41 Å². The molecule has 0 aromatic rings. The first-order valence-electron chi connectivity index (χ1n) is 10.2. The van der Waals surface area contributed by atoms with Crippen LogP contribution in [-0.4, -0.2) is 35.0 Å². The lowest BCUT2D eigenvalue weighted by atomic mass is 9.78. The fraction of sp³-hybridized carbons (Fsp3) is 0.857. The quantitative estimate of drug-likeness (QED) is 0.290. The van der Waals surface area contributed by atoms with Gasteiger partial charge in [-0.1, -0.05) is 45.1 Å². The Labute approximate surface area is 153 Å². The molecule has 1 aliphatic carbocycles. The van der Waals surface area contributed by atoms with Gasteiger partial charge in [-0.3, -0.25) is 4.79 Å². The van der Waals surface area contributed by atoms with Gasteiger partial charge in [-0.2, -0.15) is 0 Å². The number of hydrogen-bond donors (Lipinski definition) is 2. The van der Waals surface area contributed by atoms with E-state index in [9.17, 15) is 9.90 Å². The van der Waals surface area contributed by atoms with Crippen LogP contribution in [0.3, 0.4) is 0 Å². The summed E-state index contributed by atoms with van der Waals surface area (Å²) in [6.45, 7) is 3.88. The second-order valence-corrected chi connectivity index (χ2v) is 7.53. The lowest BCUT2D eigenvalue weighted by Crippen LogP contribution is -2.28. The first kappa shape index (κ1) is 22.2. The number of carbonyl (C=O) groups is 1. The summed E-state index contributed by atoms with van der Waals surface area (Å²) in [6.07, 6.45) is 15.8. The van der Waals surface area contributed by atoms with Gasteiger partial charge >= 0.3 is 5.97 Å². The molecule has 0 heterocycles. The van der Waals surface area contributed by atoms with E-state index in [4.69, 9.17) is 9.84 Å². The summed E-state index contributed by atoms with van der Waals surface area (Å²) in [5.41, 5.74) is -0.164. The number of aliphatic hydroxyl groups excluding tert-OH is 2. The summed E-state index contributed by atoms with van der Waals surface area (Å²) in [7, 11) is 0. The highest BCUT2D eigenvalue weighted by Gasteiger charge is 2.39. The standard InChI is InChI=1S/C21H38O4/c1-3-4-7-11-19(25-18(2)23)13-16-21(15-10-12-20(21)24)14-8-5-6-9-17-22/h13,16,19-20,22,24H,3-12,14-15,17H2,1-2H3. The van der Waals surface area contributed by atoms with E-state index in [0.717, 1.165) is 77.0 Å². The van der Waals surface area contributed by atoms with E-state index in [1.807, 2.05) is 6.08 Å². The molecule has 0 saturated heterocycles. The summed E-state index contributed by atoms with van der Waals surface area (Å²) in [6, 6.07) is 0. The fourth-order valence-electron chi connectivity index (χ4n) is 3.87. The van der Waals surface area contributed by atoms with Gasteiger partial charge in [0.2, 0.25) is 0 Å². The maximum absolute atomic E-state index is 11.4. The van der Waals surface area contributed by atoms with Gasteiger partial charge in [-0.15, -0.1) is 0 Å². The van der Waals surface area contributed by atoms with Crippen molar-refractivity contribution in [1.82, 2.24) is 0 Å². The molecule has 0 bridgehead atoms. The number of hydrogen-bond acceptors (Lipinski definition) is 4. The third kappa shape index (κ3) is 8.37. The van der Waals surface area contributed by atoms with Crippen molar-refractivity contribution in [3.05, 3.63) is 12.2 Å². The van der Waals surface area contributed by atoms with Crippen LogP contribution >= 0.6 is 0 Å². The molecule has 2 N–H and O–H groups in total. The second-order valence-electron chi connectivity index (χ2n) is 7.53. The molecule has 0 aromatic carbocycles. The van der Waals surface area contributed by atoms with E-state index in [-0.39, 0.29) is 30.2 Å². The Morgan fingerprint density at radius 2 is 2.00 bits per heavy atom. The Hall–Kier alpha value is -0.870. The monoisotopic (exact) mass is 354 g/mol. The van der Waals surface area contributed by atoms with Crippen molar-refractivity contribution < 1.29 is 19.7 Å². The molecule has 0 amide bonds. The highest BCUT2D eigenvalue weighted by Crippen LogP contribution is 2.44. The molecule has 1 fully saturated rings. The van der Waals surface area contributed by atoms with Crippen LogP contribution in [0.25, 0.3) is 0 Å². The Morgan fingerprint density at radius 3 is 2.60 bits per heavy atom. The van der Waals surface area contributed by atoms with Crippen LogP contribution < -0.4 is 0 Å². The predicted molar refractivity (Wildman–Crippen MR) is 101 cm³/mol. The number of unbranched alkanes of at least 4 members (excludes halogenated alkanes) is 5. The van der Waals surface area contributed by atoms with Crippen LogP contribution in [0.2, 0.25) is 0 Å². The van der Waals surface area contributed by atoms with Crippen molar-refractivity contribution in [2.24, 2.45) is 5.41 Å². The molecule has 1 saturated carbocycles. The van der Waals surface area contributed by atoms with Crippen LogP contribution in [0.5, 0.6) is 0 Å². The minimum Gasteiger partial charge on any atom is -0.458 e. The molecule has 4 heteroatoms. The van der Waals surface area contributed by atoms with Crippen molar-refractivity contribution in [1.29, 1.82) is 0 Å². The molecular formula is C21H38O4. The van der Waals surface area contributed by atoms with Gasteiger partial charge in [0.1, 0.15) is 6.10 Å². The second kappa shape index (κ2) is 12.5. The lowest BCUT2D eigenvalue weighted by molar-refractivity contribution is -0.144. The average molecular weight is 355 g/mol. The highest BCUT2D eigenvalue weighted by atomic mass is 16.5. The van der Waals surface area contributed by atoms with Crippen LogP contribution in [-0.2, 0) is 9.53 Å². The smallest absolute Gasteiger partial charge is 0.303 e. The summed E-state index contributed by atoms with van der Waals surface area (Å²) >= 11 is 0. The van der Waals surface area contributed by atoms with E-state index in [1.54, 1.807) is 0 Å². The highest BCUT2D eigenvalue weighted by molar-refractivity contribution is 5.66. The van der Waals surface area contributed by atoms with E-state index >= 15 is 0 Å². The van der Waals surface area contributed by atoms with Crippen LogP contribution in [0.15, 0.2) is 12.2 Å². The molecule has 1 aliphatic rings. The molecule has 0 aliphatic heterocycles. The van der Waals surface area contributed by atoms with Crippen LogP contribution in [0.1, 0.15) is 90.9 Å². The van der Waals surface area contributed by atoms with Gasteiger partial charge in [-0.05, 0) is 51.0 Å². The normalized spacial score (nSPS) is 24.7. The van der Waals surface area contributed by atoms with Crippen molar-refractivity contribution in [3.8, 4) is 0 Å². The first-order valence-corrected chi connectivity index (χ1v) is 10.2. The Bertz CT molecular complexity index is 393. The van der Waals surface area contributed by atoms with E-state index < -0.39 is 0 Å². The summed E-state index contributed by atoms with van der Waals surface area (Å²) in [4.78, 5) is 11.4. The summed E-state index contributed by atoms with van der Waals surface area (Å²) in [5, 5.41) is 19.4. The minimum atomic E-state index is -0.296. The lowest BCUT2D eigenvalue weighted by Gasteiger charge is -2.30. The summed E-state index contributed by atoms with van der Waals surface area (Å²) in [5.74, 6) is -0.240. The van der Waals surface area contributed by atoms with Crippen molar-refractivity contribution in [2.75, 3.05) is 6.61 Å². The summed E-state index contributed by atoms with van der Waals surface area (Å²) < 4.78 is 5.46. The van der Waals surface area contributed by atoms with Gasteiger partial charge in [-0.25, -0.2) is 0 Å². The molecule has 3 atom stereocenters. The largest absolute Gasteiger partial charge is 0.458 e. The van der Waals surface area contributed by atoms with Crippen molar-refractivity contribution >= 4 is 5.97 Å². The molecule has 0 aromatic heterocycles. The molecule has 0 radical (unpaired) electrons. The first-order chi connectivity index (χ1) is 12.0. The zero-order valence-electron chi connectivity index (χ0n) is 16.2. The molecule has 4 nitrogen and oxygen atoms in total. The third-order valence-corrected chi connectivity index (χ3v) is 5.39. The van der Waals surface area contributed by atoms with Gasteiger partial charge < -0.3 is 14.9 Å². The van der Waals surface area contributed by atoms with Crippen molar-refractivity contribution in [3.63, 3.8) is 0 Å². The number of carbonyl (C=O) groups excluding carboxylic acids is 1. The average Bonchev–Trinajstić information content (AvgIpc) is 2.93. The van der Waals surface area contributed by atoms with Crippen molar-refractivity contribution in [2.45, 2.75) is 103 Å². The molecule has 146 valence electrons. The fourth-order valence-corrected chi connectivity index (χ4v) is 3.87. The van der Waals surface area contributed by atoms with E-state index in [2.05, 4.69) is 13.0 Å². The molecular weight excluding hydrogens is 316 g/mol. The maximum atomic E-state index is 11.4. The number of ether oxygens (including phenoxy) is 1. The van der Waals surface area contributed by atoms with Gasteiger partial charge in [0.05, 0.1) is 6.10 Å². The number of esters is 1. The third-order valence-electron chi connectivity index (χ3n) is 5.39. The van der Waals surface area contributed by atoms with Gasteiger partial charge in [0.25, 0.3) is 0 Å². The Morgan fingerprint density at radius 1 is 1.24 bits per heavy atom. The van der Waals surface area contributed by atoms with Gasteiger partial charge in [0, 0.05) is 18.9 Å². The maximum Gasteiger partial charge on any atom is 0.303 e. The zero-order valence-corrected chi connectivity index (χ0v) is 16.2. The van der Waals surface area contributed by atoms with Crippen LogP contribution in [0.4, 0.5) is 0 Å². The number of rotatable bonds is 13. The van der Waals surface area contributed by atoms with E-state index in [1.165, 1.54) is 6.92 Å². The number of aliphatic hydroxyl groups is 2. The SMILES string of the molecule is CCCCCC(C=CC1(CCCCCCO)CCCC1O)OC(C)=O. The molecule has 3 unspecified atom stereocenters. The topological polar surface area (TPSA) is 66.8 Å². The minimum absolute atomic E-state index is 0.164. The molecule has 1 rings (SSSR count).